The predicted octanol–water partition coefficient (Wildman–Crippen LogP) is 4.97. The molecule has 0 aliphatic carbocycles. The summed E-state index contributed by atoms with van der Waals surface area (Å²) in [5.41, 5.74) is 0.582. The van der Waals surface area contributed by atoms with Gasteiger partial charge in [0.25, 0.3) is 5.91 Å². The molecule has 1 N–H and O–H groups in total. The van der Waals surface area contributed by atoms with Crippen LogP contribution in [0.1, 0.15) is 25.8 Å². The van der Waals surface area contributed by atoms with Gasteiger partial charge in [-0.25, -0.2) is 0 Å². The zero-order valence-corrected chi connectivity index (χ0v) is 18.5. The van der Waals surface area contributed by atoms with Gasteiger partial charge in [0.1, 0.15) is 11.8 Å². The van der Waals surface area contributed by atoms with E-state index in [1.54, 1.807) is 42.5 Å². The second kappa shape index (κ2) is 11.3. The van der Waals surface area contributed by atoms with Gasteiger partial charge in [-0.3, -0.25) is 9.59 Å². The molecule has 0 radical (unpaired) electrons. The molecule has 8 heteroatoms. The molecule has 1 atom stereocenters. The summed E-state index contributed by atoms with van der Waals surface area (Å²) in [7, 11) is 0. The van der Waals surface area contributed by atoms with Crippen LogP contribution in [-0.2, 0) is 16.1 Å². The van der Waals surface area contributed by atoms with Crippen molar-refractivity contribution < 1.29 is 14.3 Å². The fourth-order valence-corrected chi connectivity index (χ4v) is 3.47. The van der Waals surface area contributed by atoms with Crippen molar-refractivity contribution in [3.63, 3.8) is 0 Å². The van der Waals surface area contributed by atoms with Gasteiger partial charge in [-0.2, -0.15) is 0 Å². The molecular weight excluding hydrogens is 435 g/mol. The van der Waals surface area contributed by atoms with Crippen molar-refractivity contribution in [3.05, 3.63) is 63.1 Å². The lowest BCUT2D eigenvalue weighted by Crippen LogP contribution is -2.50. The number of halogens is 3. The molecule has 2 amide bonds. The molecule has 0 bridgehead atoms. The molecule has 0 aliphatic heterocycles. The van der Waals surface area contributed by atoms with Gasteiger partial charge in [0.15, 0.2) is 6.61 Å². The normalized spacial score (nSPS) is 11.6. The molecule has 2 rings (SSSR count). The zero-order valence-electron chi connectivity index (χ0n) is 16.3. The Hall–Kier alpha value is -1.95. The Labute approximate surface area is 185 Å². The number of carbonyl (C=O) groups is 2. The molecule has 0 saturated heterocycles. The molecule has 0 fully saturated rings. The van der Waals surface area contributed by atoms with Crippen LogP contribution in [0, 0.1) is 0 Å². The summed E-state index contributed by atoms with van der Waals surface area (Å²) in [4.78, 5) is 27.0. The van der Waals surface area contributed by atoms with Gasteiger partial charge in [0, 0.05) is 33.7 Å². The first-order valence-corrected chi connectivity index (χ1v) is 10.4. The lowest BCUT2D eigenvalue weighted by molar-refractivity contribution is -0.142. The maximum Gasteiger partial charge on any atom is 0.261 e. The highest BCUT2D eigenvalue weighted by Crippen LogP contribution is 2.27. The number of benzene rings is 2. The first-order chi connectivity index (χ1) is 13.9. The molecule has 1 unspecified atom stereocenters. The minimum Gasteiger partial charge on any atom is -0.484 e. The van der Waals surface area contributed by atoms with Gasteiger partial charge < -0.3 is 15.0 Å². The number of carbonyl (C=O) groups excluding carboxylic acids is 2. The highest BCUT2D eigenvalue weighted by Gasteiger charge is 2.29. The number of amides is 2. The first kappa shape index (κ1) is 23.3. The van der Waals surface area contributed by atoms with E-state index < -0.39 is 6.04 Å². The average Bonchev–Trinajstić information content (AvgIpc) is 2.69. The second-order valence-electron chi connectivity index (χ2n) is 6.28. The molecule has 2 aromatic rings. The monoisotopic (exact) mass is 456 g/mol. The highest BCUT2D eigenvalue weighted by atomic mass is 35.5. The smallest absolute Gasteiger partial charge is 0.261 e. The molecule has 0 saturated carbocycles. The summed E-state index contributed by atoms with van der Waals surface area (Å²) < 4.78 is 5.59. The zero-order chi connectivity index (χ0) is 21.4. The van der Waals surface area contributed by atoms with Crippen molar-refractivity contribution in [2.45, 2.75) is 32.9 Å². The quantitative estimate of drug-likeness (QED) is 0.578. The Balaban J connectivity index is 2.25. The number of ether oxygens (including phenoxy) is 1. The van der Waals surface area contributed by atoms with E-state index in [0.29, 0.717) is 39.3 Å². The molecule has 0 aliphatic rings. The third-order valence-electron chi connectivity index (χ3n) is 4.30. The maximum atomic E-state index is 13.0. The first-order valence-electron chi connectivity index (χ1n) is 9.25. The van der Waals surface area contributed by atoms with Crippen LogP contribution in [-0.4, -0.2) is 35.9 Å². The Morgan fingerprint density at radius 1 is 1.03 bits per heavy atom. The largest absolute Gasteiger partial charge is 0.484 e. The van der Waals surface area contributed by atoms with Crippen LogP contribution in [0.2, 0.25) is 15.1 Å². The van der Waals surface area contributed by atoms with Crippen LogP contribution in [0.4, 0.5) is 0 Å². The van der Waals surface area contributed by atoms with Crippen LogP contribution in [0.25, 0.3) is 0 Å². The van der Waals surface area contributed by atoms with E-state index in [2.05, 4.69) is 5.32 Å². The summed E-state index contributed by atoms with van der Waals surface area (Å²) in [6.07, 6.45) is 0.431. The van der Waals surface area contributed by atoms with Gasteiger partial charge in [-0.1, -0.05) is 47.8 Å². The third-order valence-corrected chi connectivity index (χ3v) is 5.26. The highest BCUT2D eigenvalue weighted by molar-refractivity contribution is 6.36. The van der Waals surface area contributed by atoms with E-state index in [-0.39, 0.29) is 25.0 Å². The lowest BCUT2D eigenvalue weighted by Gasteiger charge is -2.31. The van der Waals surface area contributed by atoms with Crippen LogP contribution in [0.15, 0.2) is 42.5 Å². The molecule has 0 heterocycles. The molecule has 2 aromatic carbocycles. The van der Waals surface area contributed by atoms with Crippen LogP contribution < -0.4 is 10.1 Å². The number of hydrogen-bond donors (Lipinski definition) is 1. The van der Waals surface area contributed by atoms with Crippen LogP contribution in [0.5, 0.6) is 5.75 Å². The number of hydrogen-bond acceptors (Lipinski definition) is 3. The molecule has 156 valence electrons. The Morgan fingerprint density at radius 3 is 2.21 bits per heavy atom. The fraction of sp³-hybridized carbons (Fsp3) is 0.333. The average molecular weight is 458 g/mol. The number of nitrogens with zero attached hydrogens (tertiary/aromatic N) is 1. The van der Waals surface area contributed by atoms with Crippen LogP contribution >= 0.6 is 34.8 Å². The minimum absolute atomic E-state index is 0.0942. The molecule has 0 spiro atoms. The van der Waals surface area contributed by atoms with E-state index in [0.717, 1.165) is 0 Å². The predicted molar refractivity (Wildman–Crippen MR) is 117 cm³/mol. The summed E-state index contributed by atoms with van der Waals surface area (Å²) in [5, 5.41) is 4.20. The van der Waals surface area contributed by atoms with E-state index >= 15 is 0 Å². The third kappa shape index (κ3) is 6.53. The van der Waals surface area contributed by atoms with Crippen molar-refractivity contribution in [2.75, 3.05) is 13.2 Å². The van der Waals surface area contributed by atoms with Crippen molar-refractivity contribution in [1.82, 2.24) is 10.2 Å². The summed E-state index contributed by atoms with van der Waals surface area (Å²) in [6.45, 7) is 3.99. The summed E-state index contributed by atoms with van der Waals surface area (Å²) in [6, 6.07) is 11.1. The van der Waals surface area contributed by atoms with Crippen molar-refractivity contribution >= 4 is 46.6 Å². The molecule has 0 aromatic heterocycles. The van der Waals surface area contributed by atoms with Gasteiger partial charge >= 0.3 is 0 Å². The van der Waals surface area contributed by atoms with Gasteiger partial charge in [-0.05, 0) is 49.7 Å². The molecule has 29 heavy (non-hydrogen) atoms. The number of rotatable bonds is 9. The SMILES string of the molecule is CCNC(=O)C(CC)N(Cc1c(Cl)cccc1Cl)C(=O)COc1ccc(Cl)cc1. The Kier molecular flexibility index (Phi) is 9.08. The van der Waals surface area contributed by atoms with Crippen molar-refractivity contribution in [3.8, 4) is 5.75 Å². The summed E-state index contributed by atoms with van der Waals surface area (Å²) >= 11 is 18.4. The number of likely N-dealkylation sites (N-methyl/N-ethyl adjacent to an activating group) is 1. The lowest BCUT2D eigenvalue weighted by atomic mass is 10.1. The van der Waals surface area contributed by atoms with Crippen molar-refractivity contribution in [1.29, 1.82) is 0 Å². The van der Waals surface area contributed by atoms with E-state index in [9.17, 15) is 9.59 Å². The van der Waals surface area contributed by atoms with Gasteiger partial charge in [-0.15, -0.1) is 0 Å². The topological polar surface area (TPSA) is 58.6 Å². The van der Waals surface area contributed by atoms with E-state index in [1.165, 1.54) is 4.90 Å². The van der Waals surface area contributed by atoms with Gasteiger partial charge in [0.2, 0.25) is 5.91 Å². The molecular formula is C21H23Cl3N2O3. The van der Waals surface area contributed by atoms with Crippen molar-refractivity contribution in [2.24, 2.45) is 0 Å². The maximum absolute atomic E-state index is 13.0. The minimum atomic E-state index is -0.677. The van der Waals surface area contributed by atoms with Gasteiger partial charge in [0.05, 0.1) is 0 Å². The van der Waals surface area contributed by atoms with Crippen LogP contribution in [0.3, 0.4) is 0 Å². The standard InChI is InChI=1S/C21H23Cl3N2O3/c1-3-19(21(28)25-4-2)26(12-16-17(23)6-5-7-18(16)24)20(27)13-29-15-10-8-14(22)9-11-15/h5-11,19H,3-4,12-13H2,1-2H3,(H,25,28). The Bertz CT molecular complexity index is 823. The van der Waals surface area contributed by atoms with E-state index in [1.807, 2.05) is 13.8 Å². The summed E-state index contributed by atoms with van der Waals surface area (Å²) in [5.74, 6) is -0.0865. The number of nitrogens with one attached hydrogen (secondary N) is 1. The molecule has 5 nitrogen and oxygen atoms in total. The second-order valence-corrected chi connectivity index (χ2v) is 7.53. The Morgan fingerprint density at radius 2 is 1.66 bits per heavy atom. The fourth-order valence-electron chi connectivity index (χ4n) is 2.82. The van der Waals surface area contributed by atoms with E-state index in [4.69, 9.17) is 39.5 Å².